The van der Waals surface area contributed by atoms with E-state index < -0.39 is 12.1 Å². The molecule has 0 N–H and O–H groups in total. The predicted molar refractivity (Wildman–Crippen MR) is 74.8 cm³/mol. The summed E-state index contributed by atoms with van der Waals surface area (Å²) in [7, 11) is 0. The second-order valence-electron chi connectivity index (χ2n) is 5.29. The maximum atomic E-state index is 12.4. The van der Waals surface area contributed by atoms with Gasteiger partial charge in [0.1, 0.15) is 0 Å². The van der Waals surface area contributed by atoms with E-state index in [0.717, 1.165) is 37.9 Å². The summed E-state index contributed by atoms with van der Waals surface area (Å²) in [5.41, 5.74) is 1.31. The summed E-state index contributed by atoms with van der Waals surface area (Å²) >= 11 is 5.88. The number of ether oxygens (including phenoxy) is 1. The monoisotopic (exact) mass is 293 g/mol. The van der Waals surface area contributed by atoms with Crippen LogP contribution in [-0.4, -0.2) is 36.0 Å². The molecule has 1 fully saturated rings. The SMILES string of the molecule is O=C1O[C@H](C(=O)N2CCCCC2)Cc2ccc(Cl)cc21. The van der Waals surface area contributed by atoms with Gasteiger partial charge in [-0.25, -0.2) is 4.79 Å². The number of likely N-dealkylation sites (tertiary alicyclic amines) is 1. The lowest BCUT2D eigenvalue weighted by molar-refractivity contribution is -0.142. The van der Waals surface area contributed by atoms with E-state index in [1.807, 2.05) is 4.90 Å². The van der Waals surface area contributed by atoms with Crippen molar-refractivity contribution in [2.45, 2.75) is 31.8 Å². The third-order valence-electron chi connectivity index (χ3n) is 3.89. The van der Waals surface area contributed by atoms with Crippen molar-refractivity contribution in [3.8, 4) is 0 Å². The second-order valence-corrected chi connectivity index (χ2v) is 5.72. The molecule has 0 aromatic heterocycles. The first kappa shape index (κ1) is 13.4. The summed E-state index contributed by atoms with van der Waals surface area (Å²) in [5.74, 6) is -0.525. The van der Waals surface area contributed by atoms with E-state index in [-0.39, 0.29) is 5.91 Å². The van der Waals surface area contributed by atoms with Crippen molar-refractivity contribution in [3.05, 3.63) is 34.3 Å². The number of carbonyl (C=O) groups excluding carboxylic acids is 2. The number of hydrogen-bond acceptors (Lipinski definition) is 3. The van der Waals surface area contributed by atoms with Gasteiger partial charge in [0.15, 0.2) is 6.10 Å². The van der Waals surface area contributed by atoms with Crippen LogP contribution in [-0.2, 0) is 16.0 Å². The number of esters is 1. The molecule has 1 aromatic carbocycles. The van der Waals surface area contributed by atoms with Gasteiger partial charge >= 0.3 is 5.97 Å². The van der Waals surface area contributed by atoms with Crippen molar-refractivity contribution in [2.24, 2.45) is 0 Å². The number of carbonyl (C=O) groups is 2. The van der Waals surface area contributed by atoms with E-state index in [9.17, 15) is 9.59 Å². The third-order valence-corrected chi connectivity index (χ3v) is 4.12. The first-order chi connectivity index (χ1) is 9.65. The molecule has 0 unspecified atom stereocenters. The minimum absolute atomic E-state index is 0.0707. The van der Waals surface area contributed by atoms with Crippen LogP contribution in [0.25, 0.3) is 0 Å². The lowest BCUT2D eigenvalue weighted by atomic mass is 9.97. The number of piperidine rings is 1. The molecule has 0 bridgehead atoms. The highest BCUT2D eigenvalue weighted by molar-refractivity contribution is 6.31. The highest BCUT2D eigenvalue weighted by atomic mass is 35.5. The van der Waals surface area contributed by atoms with Gasteiger partial charge in [0.05, 0.1) is 5.56 Å². The summed E-state index contributed by atoms with van der Waals surface area (Å²) in [5, 5.41) is 0.501. The zero-order chi connectivity index (χ0) is 14.1. The number of benzene rings is 1. The lowest BCUT2D eigenvalue weighted by Crippen LogP contribution is -2.46. The van der Waals surface area contributed by atoms with Gasteiger partial charge in [-0.15, -0.1) is 0 Å². The van der Waals surface area contributed by atoms with E-state index in [2.05, 4.69) is 0 Å². The van der Waals surface area contributed by atoms with E-state index in [1.165, 1.54) is 0 Å². The fourth-order valence-corrected chi connectivity index (χ4v) is 2.98. The first-order valence-electron chi connectivity index (χ1n) is 6.93. The van der Waals surface area contributed by atoms with Crippen molar-refractivity contribution in [1.82, 2.24) is 4.90 Å². The molecule has 1 amide bonds. The molecular weight excluding hydrogens is 278 g/mol. The van der Waals surface area contributed by atoms with Gasteiger partial charge in [0, 0.05) is 24.5 Å². The standard InChI is InChI=1S/C15H16ClNO3/c16-11-5-4-10-8-13(20-15(19)12(10)9-11)14(18)17-6-2-1-3-7-17/h4-5,9,13H,1-3,6-8H2/t13-/m0/s1. The number of cyclic esters (lactones) is 1. The van der Waals surface area contributed by atoms with Crippen LogP contribution in [0.2, 0.25) is 5.02 Å². The van der Waals surface area contributed by atoms with E-state index in [1.54, 1.807) is 18.2 Å². The largest absolute Gasteiger partial charge is 0.448 e. The van der Waals surface area contributed by atoms with E-state index in [0.29, 0.717) is 17.0 Å². The van der Waals surface area contributed by atoms with E-state index >= 15 is 0 Å². The molecular formula is C15H16ClNO3. The van der Waals surface area contributed by atoms with Crippen LogP contribution < -0.4 is 0 Å². The molecule has 1 saturated heterocycles. The molecule has 2 aliphatic rings. The van der Waals surface area contributed by atoms with Crippen LogP contribution in [0.1, 0.15) is 35.2 Å². The van der Waals surface area contributed by atoms with Gasteiger partial charge in [-0.05, 0) is 37.0 Å². The quantitative estimate of drug-likeness (QED) is 0.747. The minimum Gasteiger partial charge on any atom is -0.448 e. The van der Waals surface area contributed by atoms with E-state index in [4.69, 9.17) is 16.3 Å². The summed E-state index contributed by atoms with van der Waals surface area (Å²) in [4.78, 5) is 26.2. The molecule has 1 aromatic rings. The number of hydrogen-bond donors (Lipinski definition) is 0. The van der Waals surface area contributed by atoms with Gasteiger partial charge in [0.25, 0.3) is 5.91 Å². The van der Waals surface area contributed by atoms with Crippen molar-refractivity contribution < 1.29 is 14.3 Å². The number of nitrogens with zero attached hydrogens (tertiary/aromatic N) is 1. The average Bonchev–Trinajstić information content (AvgIpc) is 2.48. The molecule has 2 aliphatic heterocycles. The molecule has 0 spiro atoms. The Morgan fingerprint density at radius 3 is 2.75 bits per heavy atom. The number of rotatable bonds is 1. The maximum Gasteiger partial charge on any atom is 0.339 e. The Morgan fingerprint density at radius 2 is 2.00 bits per heavy atom. The van der Waals surface area contributed by atoms with Gasteiger partial charge in [-0.1, -0.05) is 17.7 Å². The van der Waals surface area contributed by atoms with Crippen LogP contribution in [0.15, 0.2) is 18.2 Å². The van der Waals surface area contributed by atoms with Gasteiger partial charge < -0.3 is 9.64 Å². The Balaban J connectivity index is 1.79. The summed E-state index contributed by atoms with van der Waals surface area (Å²) < 4.78 is 5.29. The fraction of sp³-hybridized carbons (Fsp3) is 0.467. The third kappa shape index (κ3) is 2.52. The van der Waals surface area contributed by atoms with Crippen LogP contribution in [0, 0.1) is 0 Å². The zero-order valence-electron chi connectivity index (χ0n) is 11.1. The Labute approximate surface area is 122 Å². The lowest BCUT2D eigenvalue weighted by Gasteiger charge is -2.32. The molecule has 3 rings (SSSR count). The van der Waals surface area contributed by atoms with Crippen LogP contribution in [0.4, 0.5) is 0 Å². The summed E-state index contributed by atoms with van der Waals surface area (Å²) in [6.45, 7) is 1.53. The smallest absolute Gasteiger partial charge is 0.339 e. The Bertz CT molecular complexity index is 552. The van der Waals surface area contributed by atoms with Gasteiger partial charge in [-0.2, -0.15) is 0 Å². The zero-order valence-corrected chi connectivity index (χ0v) is 11.9. The molecule has 20 heavy (non-hydrogen) atoms. The first-order valence-corrected chi connectivity index (χ1v) is 7.31. The van der Waals surface area contributed by atoms with Crippen molar-refractivity contribution in [1.29, 1.82) is 0 Å². The predicted octanol–water partition coefficient (Wildman–Crippen LogP) is 2.43. The Morgan fingerprint density at radius 1 is 1.25 bits per heavy atom. The Hall–Kier alpha value is -1.55. The molecule has 0 aliphatic carbocycles. The molecule has 5 heteroatoms. The topological polar surface area (TPSA) is 46.6 Å². The minimum atomic E-state index is -0.686. The number of amides is 1. The highest BCUT2D eigenvalue weighted by Crippen LogP contribution is 2.25. The maximum absolute atomic E-state index is 12.4. The Kier molecular flexibility index (Phi) is 3.66. The second kappa shape index (κ2) is 5.44. The van der Waals surface area contributed by atoms with Crippen LogP contribution in [0.3, 0.4) is 0 Å². The van der Waals surface area contributed by atoms with Crippen LogP contribution >= 0.6 is 11.6 Å². The molecule has 1 atom stereocenters. The normalized spacial score (nSPS) is 22.1. The molecule has 2 heterocycles. The van der Waals surface area contributed by atoms with Gasteiger partial charge in [-0.3, -0.25) is 4.79 Å². The van der Waals surface area contributed by atoms with Crippen molar-refractivity contribution in [3.63, 3.8) is 0 Å². The highest BCUT2D eigenvalue weighted by Gasteiger charge is 2.34. The van der Waals surface area contributed by atoms with Crippen LogP contribution in [0.5, 0.6) is 0 Å². The summed E-state index contributed by atoms with van der Waals surface area (Å²) in [6, 6.07) is 5.14. The van der Waals surface area contributed by atoms with Crippen molar-refractivity contribution in [2.75, 3.05) is 13.1 Å². The molecule has 0 radical (unpaired) electrons. The van der Waals surface area contributed by atoms with Gasteiger partial charge in [0.2, 0.25) is 0 Å². The summed E-state index contributed by atoms with van der Waals surface area (Å²) in [6.07, 6.45) is 2.97. The number of halogens is 1. The average molecular weight is 294 g/mol. The fourth-order valence-electron chi connectivity index (χ4n) is 2.81. The molecule has 4 nitrogen and oxygen atoms in total. The number of fused-ring (bicyclic) bond motifs is 1. The van der Waals surface area contributed by atoms with Crippen molar-refractivity contribution >= 4 is 23.5 Å². The molecule has 0 saturated carbocycles. The molecule has 106 valence electrons.